The Labute approximate surface area is 157 Å². The van der Waals surface area contributed by atoms with Gasteiger partial charge in [-0.2, -0.15) is 13.2 Å². The van der Waals surface area contributed by atoms with E-state index in [9.17, 15) is 27.6 Å². The van der Waals surface area contributed by atoms with Crippen molar-refractivity contribution in [1.29, 1.82) is 0 Å². The van der Waals surface area contributed by atoms with Gasteiger partial charge < -0.3 is 14.6 Å². The second kappa shape index (κ2) is 8.55. The maximum Gasteiger partial charge on any atom is 0.416 e. The average Bonchev–Trinajstić information content (AvgIpc) is 3.03. The van der Waals surface area contributed by atoms with Crippen LogP contribution in [0.5, 0.6) is 0 Å². The molecule has 1 heterocycles. The van der Waals surface area contributed by atoms with Crippen molar-refractivity contribution in [3.63, 3.8) is 0 Å². The summed E-state index contributed by atoms with van der Waals surface area (Å²) >= 11 is 0. The molecule has 0 saturated heterocycles. The SMILES string of the molecule is Cc1cc(NC(=O)C(C)OC(=O)CNC(=O)c2ccc(C(F)(F)F)cc2)on1. The number of anilines is 1. The maximum absolute atomic E-state index is 12.5. The van der Waals surface area contributed by atoms with E-state index in [0.29, 0.717) is 5.69 Å². The number of ether oxygens (including phenoxy) is 1. The van der Waals surface area contributed by atoms with Gasteiger partial charge in [0.2, 0.25) is 5.88 Å². The molecule has 1 unspecified atom stereocenters. The summed E-state index contributed by atoms with van der Waals surface area (Å²) in [6.45, 7) is 2.40. The van der Waals surface area contributed by atoms with Crippen LogP contribution in [-0.4, -0.2) is 35.6 Å². The van der Waals surface area contributed by atoms with Crippen LogP contribution in [-0.2, 0) is 20.5 Å². The summed E-state index contributed by atoms with van der Waals surface area (Å²) in [4.78, 5) is 35.5. The fraction of sp³-hybridized carbons (Fsp3) is 0.294. The highest BCUT2D eigenvalue weighted by Gasteiger charge is 2.30. The Bertz CT molecular complexity index is 862. The third-order valence-electron chi connectivity index (χ3n) is 3.42. The first kappa shape index (κ1) is 20.9. The third kappa shape index (κ3) is 5.83. The van der Waals surface area contributed by atoms with Crippen LogP contribution in [0.25, 0.3) is 0 Å². The second-order valence-corrected chi connectivity index (χ2v) is 5.71. The van der Waals surface area contributed by atoms with Crippen LogP contribution in [0, 0.1) is 6.92 Å². The monoisotopic (exact) mass is 399 g/mol. The van der Waals surface area contributed by atoms with Gasteiger partial charge in [0.15, 0.2) is 6.10 Å². The van der Waals surface area contributed by atoms with Crippen molar-refractivity contribution in [2.45, 2.75) is 26.1 Å². The van der Waals surface area contributed by atoms with E-state index in [0.717, 1.165) is 24.3 Å². The molecule has 28 heavy (non-hydrogen) atoms. The van der Waals surface area contributed by atoms with Gasteiger partial charge >= 0.3 is 12.1 Å². The minimum Gasteiger partial charge on any atom is -0.451 e. The highest BCUT2D eigenvalue weighted by atomic mass is 19.4. The number of esters is 1. The predicted octanol–water partition coefficient (Wildman–Crippen LogP) is 2.30. The van der Waals surface area contributed by atoms with Crippen LogP contribution >= 0.6 is 0 Å². The number of rotatable bonds is 6. The molecule has 2 N–H and O–H groups in total. The summed E-state index contributed by atoms with van der Waals surface area (Å²) in [6, 6.07) is 4.95. The summed E-state index contributed by atoms with van der Waals surface area (Å²) in [7, 11) is 0. The van der Waals surface area contributed by atoms with Crippen molar-refractivity contribution in [2.75, 3.05) is 11.9 Å². The number of aromatic nitrogens is 1. The molecule has 0 fully saturated rings. The highest BCUT2D eigenvalue weighted by Crippen LogP contribution is 2.29. The number of hydrogen-bond acceptors (Lipinski definition) is 6. The van der Waals surface area contributed by atoms with E-state index < -0.39 is 42.2 Å². The molecule has 0 aliphatic carbocycles. The lowest BCUT2D eigenvalue weighted by Gasteiger charge is -2.12. The Morgan fingerprint density at radius 3 is 2.39 bits per heavy atom. The number of nitrogens with zero attached hydrogens (tertiary/aromatic N) is 1. The fourth-order valence-electron chi connectivity index (χ4n) is 2.00. The smallest absolute Gasteiger partial charge is 0.416 e. The van der Waals surface area contributed by atoms with Crippen LogP contribution in [0.4, 0.5) is 19.1 Å². The van der Waals surface area contributed by atoms with Crippen LogP contribution in [0.1, 0.15) is 28.5 Å². The van der Waals surface area contributed by atoms with Gasteiger partial charge in [0, 0.05) is 11.6 Å². The summed E-state index contributed by atoms with van der Waals surface area (Å²) in [5.41, 5.74) is -0.413. The summed E-state index contributed by atoms with van der Waals surface area (Å²) in [5, 5.41) is 8.13. The minimum absolute atomic E-state index is 0.0627. The Morgan fingerprint density at radius 1 is 1.21 bits per heavy atom. The number of benzene rings is 1. The first-order valence-corrected chi connectivity index (χ1v) is 7.95. The third-order valence-corrected chi connectivity index (χ3v) is 3.42. The Morgan fingerprint density at radius 2 is 1.86 bits per heavy atom. The number of amides is 2. The molecule has 0 saturated carbocycles. The van der Waals surface area contributed by atoms with Gasteiger partial charge in [-0.05, 0) is 38.1 Å². The molecule has 0 radical (unpaired) electrons. The standard InChI is InChI=1S/C17H16F3N3O5/c1-9-7-13(28-23-9)22-15(25)10(2)27-14(24)8-21-16(26)11-3-5-12(6-4-11)17(18,19)20/h3-7,10H,8H2,1-2H3,(H,21,26)(H,22,25). The highest BCUT2D eigenvalue weighted by molar-refractivity contribution is 5.97. The molecule has 150 valence electrons. The quantitative estimate of drug-likeness (QED) is 0.722. The van der Waals surface area contributed by atoms with E-state index in [1.807, 2.05) is 0 Å². The van der Waals surface area contributed by atoms with Crippen molar-refractivity contribution < 1.29 is 36.8 Å². The predicted molar refractivity (Wildman–Crippen MR) is 89.2 cm³/mol. The van der Waals surface area contributed by atoms with Gasteiger partial charge in [0.05, 0.1) is 11.3 Å². The molecule has 8 nitrogen and oxygen atoms in total. The topological polar surface area (TPSA) is 111 Å². The number of carbonyl (C=O) groups excluding carboxylic acids is 3. The summed E-state index contributed by atoms with van der Waals surface area (Å²) in [6.07, 6.45) is -5.69. The molecule has 2 aromatic rings. The lowest BCUT2D eigenvalue weighted by atomic mass is 10.1. The van der Waals surface area contributed by atoms with Crippen LogP contribution in [0.2, 0.25) is 0 Å². The van der Waals surface area contributed by atoms with Crippen molar-refractivity contribution in [1.82, 2.24) is 10.5 Å². The zero-order chi connectivity index (χ0) is 20.9. The summed E-state index contributed by atoms with van der Waals surface area (Å²) < 4.78 is 47.2. The molecule has 1 atom stereocenters. The number of carbonyl (C=O) groups is 3. The maximum atomic E-state index is 12.5. The normalized spacial score (nSPS) is 12.2. The molecule has 11 heteroatoms. The zero-order valence-corrected chi connectivity index (χ0v) is 14.8. The van der Waals surface area contributed by atoms with E-state index in [1.165, 1.54) is 13.0 Å². The van der Waals surface area contributed by atoms with Gasteiger partial charge in [-0.15, -0.1) is 0 Å². The molecule has 0 aliphatic rings. The Balaban J connectivity index is 1.81. The molecule has 0 aliphatic heterocycles. The number of hydrogen-bond donors (Lipinski definition) is 2. The molecule has 2 amide bonds. The van der Waals surface area contributed by atoms with E-state index in [2.05, 4.69) is 15.8 Å². The Kier molecular flexibility index (Phi) is 6.39. The molecular formula is C17H16F3N3O5. The largest absolute Gasteiger partial charge is 0.451 e. The molecule has 1 aromatic carbocycles. The van der Waals surface area contributed by atoms with E-state index in [4.69, 9.17) is 9.26 Å². The van der Waals surface area contributed by atoms with Gasteiger partial charge in [-0.25, -0.2) is 0 Å². The molecule has 0 bridgehead atoms. The van der Waals surface area contributed by atoms with Gasteiger partial charge in [-0.3, -0.25) is 19.7 Å². The van der Waals surface area contributed by atoms with Gasteiger partial charge in [0.1, 0.15) is 6.54 Å². The molecule has 2 rings (SSSR count). The van der Waals surface area contributed by atoms with E-state index in [1.54, 1.807) is 6.92 Å². The lowest BCUT2D eigenvalue weighted by Crippen LogP contribution is -2.35. The van der Waals surface area contributed by atoms with Crippen LogP contribution in [0.3, 0.4) is 0 Å². The van der Waals surface area contributed by atoms with E-state index in [-0.39, 0.29) is 11.4 Å². The summed E-state index contributed by atoms with van der Waals surface area (Å²) in [5.74, 6) is -2.25. The molecule has 0 spiro atoms. The molecular weight excluding hydrogens is 383 g/mol. The molecule has 1 aromatic heterocycles. The van der Waals surface area contributed by atoms with Gasteiger partial charge in [-0.1, -0.05) is 5.16 Å². The average molecular weight is 399 g/mol. The van der Waals surface area contributed by atoms with E-state index >= 15 is 0 Å². The van der Waals surface area contributed by atoms with Crippen molar-refractivity contribution in [3.05, 3.63) is 47.2 Å². The number of halogens is 3. The number of aryl methyl sites for hydroxylation is 1. The number of nitrogens with one attached hydrogen (secondary N) is 2. The fourth-order valence-corrected chi connectivity index (χ4v) is 2.00. The second-order valence-electron chi connectivity index (χ2n) is 5.71. The minimum atomic E-state index is -4.51. The Hall–Kier alpha value is -3.37. The van der Waals surface area contributed by atoms with Crippen LogP contribution in [0.15, 0.2) is 34.9 Å². The lowest BCUT2D eigenvalue weighted by molar-refractivity contribution is -0.152. The van der Waals surface area contributed by atoms with Crippen molar-refractivity contribution in [3.8, 4) is 0 Å². The van der Waals surface area contributed by atoms with Crippen molar-refractivity contribution in [2.24, 2.45) is 0 Å². The first-order chi connectivity index (χ1) is 13.1. The first-order valence-electron chi connectivity index (χ1n) is 7.95. The van der Waals surface area contributed by atoms with Gasteiger partial charge in [0.25, 0.3) is 11.8 Å². The number of alkyl halides is 3. The zero-order valence-electron chi connectivity index (χ0n) is 14.8. The van der Waals surface area contributed by atoms with Crippen LogP contribution < -0.4 is 10.6 Å². The van der Waals surface area contributed by atoms with Crippen molar-refractivity contribution >= 4 is 23.7 Å².